The maximum Gasteiger partial charge on any atom is 0.232 e. The number of anilines is 1. The SMILES string of the molecule is COc1cc(C[C@@H]2C(=O)Nc3cc(Cl)ccc32)cc2c1OCCO2. The molecule has 124 valence electrons. The molecule has 1 N–H and O–H groups in total. The molecule has 0 aliphatic carbocycles. The van der Waals surface area contributed by atoms with Gasteiger partial charge in [0.2, 0.25) is 11.7 Å². The van der Waals surface area contributed by atoms with Crippen LogP contribution < -0.4 is 19.5 Å². The van der Waals surface area contributed by atoms with E-state index in [1.54, 1.807) is 19.2 Å². The van der Waals surface area contributed by atoms with Crippen molar-refractivity contribution in [2.75, 3.05) is 25.6 Å². The van der Waals surface area contributed by atoms with E-state index < -0.39 is 0 Å². The molecular weight excluding hydrogens is 330 g/mol. The minimum Gasteiger partial charge on any atom is -0.493 e. The highest BCUT2D eigenvalue weighted by Crippen LogP contribution is 2.42. The summed E-state index contributed by atoms with van der Waals surface area (Å²) in [7, 11) is 1.59. The van der Waals surface area contributed by atoms with Gasteiger partial charge in [0.15, 0.2) is 11.5 Å². The van der Waals surface area contributed by atoms with E-state index >= 15 is 0 Å². The van der Waals surface area contributed by atoms with Gasteiger partial charge >= 0.3 is 0 Å². The van der Waals surface area contributed by atoms with Gasteiger partial charge in [0.05, 0.1) is 13.0 Å². The molecule has 0 fully saturated rings. The average molecular weight is 346 g/mol. The van der Waals surface area contributed by atoms with Crippen LogP contribution in [0.5, 0.6) is 17.2 Å². The Hall–Kier alpha value is -2.40. The first-order chi connectivity index (χ1) is 11.7. The van der Waals surface area contributed by atoms with Crippen LogP contribution >= 0.6 is 11.6 Å². The van der Waals surface area contributed by atoms with E-state index in [1.807, 2.05) is 18.2 Å². The standard InChI is InChI=1S/C18H16ClNO4/c1-22-15-7-10(8-16-17(15)24-5-4-23-16)6-13-12-3-2-11(19)9-14(12)20-18(13)21/h2-3,7-9,13H,4-6H2,1H3,(H,20,21)/t13-/m0/s1. The lowest BCUT2D eigenvalue weighted by Crippen LogP contribution is -2.17. The Morgan fingerprint density at radius 3 is 2.92 bits per heavy atom. The van der Waals surface area contributed by atoms with Crippen LogP contribution in [0.1, 0.15) is 17.0 Å². The predicted octanol–water partition coefficient (Wildman–Crippen LogP) is 3.40. The molecule has 1 atom stereocenters. The van der Waals surface area contributed by atoms with Crippen molar-refractivity contribution in [3.8, 4) is 17.2 Å². The molecule has 2 aromatic rings. The molecule has 0 unspecified atom stereocenters. The second kappa shape index (κ2) is 5.91. The molecule has 4 rings (SSSR count). The first-order valence-corrected chi connectivity index (χ1v) is 8.10. The molecule has 6 heteroatoms. The number of carbonyl (C=O) groups is 1. The third-order valence-corrected chi connectivity index (χ3v) is 4.53. The minimum atomic E-state index is -0.260. The van der Waals surface area contributed by atoms with E-state index in [2.05, 4.69) is 5.32 Å². The van der Waals surface area contributed by atoms with Crippen molar-refractivity contribution in [2.24, 2.45) is 0 Å². The summed E-state index contributed by atoms with van der Waals surface area (Å²) in [6.07, 6.45) is 0.549. The van der Waals surface area contributed by atoms with Crippen molar-refractivity contribution >= 4 is 23.2 Å². The van der Waals surface area contributed by atoms with Gasteiger partial charge in [-0.25, -0.2) is 0 Å². The lowest BCUT2D eigenvalue weighted by molar-refractivity contribution is -0.117. The van der Waals surface area contributed by atoms with E-state index in [1.165, 1.54) is 0 Å². The van der Waals surface area contributed by atoms with E-state index in [4.69, 9.17) is 25.8 Å². The van der Waals surface area contributed by atoms with Gasteiger partial charge in [-0.2, -0.15) is 0 Å². The molecule has 0 saturated carbocycles. The summed E-state index contributed by atoms with van der Waals surface area (Å²) >= 11 is 6.00. The van der Waals surface area contributed by atoms with Gasteiger partial charge in [0, 0.05) is 10.7 Å². The molecule has 1 amide bonds. The smallest absolute Gasteiger partial charge is 0.232 e. The summed E-state index contributed by atoms with van der Waals surface area (Å²) in [6.45, 7) is 1.01. The van der Waals surface area contributed by atoms with Gasteiger partial charge in [-0.1, -0.05) is 17.7 Å². The van der Waals surface area contributed by atoms with E-state index in [9.17, 15) is 4.79 Å². The van der Waals surface area contributed by atoms with Gasteiger partial charge in [-0.3, -0.25) is 4.79 Å². The van der Waals surface area contributed by atoms with Gasteiger partial charge in [0.1, 0.15) is 13.2 Å². The Morgan fingerprint density at radius 1 is 1.25 bits per heavy atom. The molecule has 2 heterocycles. The highest BCUT2D eigenvalue weighted by molar-refractivity contribution is 6.31. The van der Waals surface area contributed by atoms with Crippen molar-refractivity contribution in [1.29, 1.82) is 0 Å². The zero-order chi connectivity index (χ0) is 16.7. The van der Waals surface area contributed by atoms with Crippen LogP contribution in [0.2, 0.25) is 5.02 Å². The number of rotatable bonds is 3. The van der Waals surface area contributed by atoms with Crippen LogP contribution in [0.4, 0.5) is 5.69 Å². The van der Waals surface area contributed by atoms with Gasteiger partial charge in [-0.15, -0.1) is 0 Å². The number of benzene rings is 2. The summed E-state index contributed by atoms with van der Waals surface area (Å²) < 4.78 is 16.7. The number of methoxy groups -OCH3 is 1. The largest absolute Gasteiger partial charge is 0.493 e. The average Bonchev–Trinajstić information content (AvgIpc) is 2.88. The maximum atomic E-state index is 12.3. The molecule has 2 aliphatic rings. The van der Waals surface area contributed by atoms with Crippen molar-refractivity contribution in [1.82, 2.24) is 0 Å². The molecule has 24 heavy (non-hydrogen) atoms. The number of fused-ring (bicyclic) bond motifs is 2. The van der Waals surface area contributed by atoms with Crippen molar-refractivity contribution in [3.63, 3.8) is 0 Å². The number of amides is 1. The number of ether oxygens (including phenoxy) is 3. The van der Waals surface area contributed by atoms with Crippen LogP contribution in [0.15, 0.2) is 30.3 Å². The molecule has 0 spiro atoms. The Morgan fingerprint density at radius 2 is 2.08 bits per heavy atom. The van der Waals surface area contributed by atoms with E-state index in [0.717, 1.165) is 16.8 Å². The Labute approximate surface area is 144 Å². The van der Waals surface area contributed by atoms with Crippen LogP contribution in [0.25, 0.3) is 0 Å². The summed E-state index contributed by atoms with van der Waals surface area (Å²) in [6, 6.07) is 9.29. The number of nitrogens with one attached hydrogen (secondary N) is 1. The van der Waals surface area contributed by atoms with E-state index in [-0.39, 0.29) is 11.8 Å². The third kappa shape index (κ3) is 2.55. The highest BCUT2D eigenvalue weighted by atomic mass is 35.5. The van der Waals surface area contributed by atoms with Crippen LogP contribution in [-0.4, -0.2) is 26.2 Å². The first-order valence-electron chi connectivity index (χ1n) is 7.72. The first kappa shape index (κ1) is 15.1. The number of hydrogen-bond donors (Lipinski definition) is 1. The van der Waals surface area contributed by atoms with Crippen LogP contribution in [0, 0.1) is 0 Å². The normalized spacial score (nSPS) is 18.1. The zero-order valence-electron chi connectivity index (χ0n) is 13.1. The topological polar surface area (TPSA) is 56.8 Å². The lowest BCUT2D eigenvalue weighted by atomic mass is 9.93. The van der Waals surface area contributed by atoms with Crippen LogP contribution in [0.3, 0.4) is 0 Å². The minimum absolute atomic E-state index is 0.0267. The highest BCUT2D eigenvalue weighted by Gasteiger charge is 2.31. The van der Waals surface area contributed by atoms with Gasteiger partial charge < -0.3 is 19.5 Å². The lowest BCUT2D eigenvalue weighted by Gasteiger charge is -2.22. The van der Waals surface area contributed by atoms with Crippen molar-refractivity contribution < 1.29 is 19.0 Å². The fraction of sp³-hybridized carbons (Fsp3) is 0.278. The molecular formula is C18H16ClNO4. The third-order valence-electron chi connectivity index (χ3n) is 4.29. The van der Waals surface area contributed by atoms with Crippen molar-refractivity contribution in [3.05, 3.63) is 46.5 Å². The van der Waals surface area contributed by atoms with Gasteiger partial charge in [0.25, 0.3) is 0 Å². The maximum absolute atomic E-state index is 12.3. The fourth-order valence-corrected chi connectivity index (χ4v) is 3.36. The Kier molecular flexibility index (Phi) is 3.73. The molecule has 2 aliphatic heterocycles. The molecule has 0 aromatic heterocycles. The molecule has 5 nitrogen and oxygen atoms in total. The second-order valence-electron chi connectivity index (χ2n) is 5.80. The molecule has 0 radical (unpaired) electrons. The molecule has 2 aromatic carbocycles. The van der Waals surface area contributed by atoms with Gasteiger partial charge in [-0.05, 0) is 41.8 Å². The summed E-state index contributed by atoms with van der Waals surface area (Å²) in [5.74, 6) is 1.61. The molecule has 0 bridgehead atoms. The summed E-state index contributed by atoms with van der Waals surface area (Å²) in [5.41, 5.74) is 2.69. The quantitative estimate of drug-likeness (QED) is 0.926. The number of carbonyl (C=O) groups excluding carboxylic acids is 1. The number of halogens is 1. The van der Waals surface area contributed by atoms with Crippen LogP contribution in [-0.2, 0) is 11.2 Å². The second-order valence-corrected chi connectivity index (χ2v) is 6.24. The summed E-state index contributed by atoms with van der Waals surface area (Å²) in [4.78, 5) is 12.3. The van der Waals surface area contributed by atoms with Crippen molar-refractivity contribution in [2.45, 2.75) is 12.3 Å². The molecule has 0 saturated heterocycles. The monoisotopic (exact) mass is 345 g/mol. The fourth-order valence-electron chi connectivity index (χ4n) is 3.19. The van der Waals surface area contributed by atoms with E-state index in [0.29, 0.717) is 41.9 Å². The number of hydrogen-bond acceptors (Lipinski definition) is 4. The summed E-state index contributed by atoms with van der Waals surface area (Å²) in [5, 5.41) is 3.50. The zero-order valence-corrected chi connectivity index (χ0v) is 13.9. The Balaban J connectivity index is 1.68. The Bertz CT molecular complexity index is 804. The predicted molar refractivity (Wildman–Crippen MR) is 90.5 cm³/mol.